The minimum atomic E-state index is -3.60. The van der Waals surface area contributed by atoms with E-state index < -0.39 is 25.0 Å². The Hall–Kier alpha value is -0.520. The van der Waals surface area contributed by atoms with Crippen molar-refractivity contribution in [3.63, 3.8) is 0 Å². The van der Waals surface area contributed by atoms with Gasteiger partial charge in [-0.1, -0.05) is 19.3 Å². The summed E-state index contributed by atoms with van der Waals surface area (Å²) in [4.78, 5) is 9.14. The highest BCUT2D eigenvalue weighted by Gasteiger charge is 2.41. The van der Waals surface area contributed by atoms with Gasteiger partial charge in [0.05, 0.1) is 6.07 Å². The zero-order valence-corrected chi connectivity index (χ0v) is 13.0. The van der Waals surface area contributed by atoms with Crippen LogP contribution >= 0.6 is 7.37 Å². The van der Waals surface area contributed by atoms with E-state index in [1.165, 1.54) is 0 Å². The van der Waals surface area contributed by atoms with Crippen LogP contribution in [0.4, 0.5) is 0 Å². The number of nitriles is 1. The van der Waals surface area contributed by atoms with Crippen molar-refractivity contribution in [1.29, 1.82) is 5.26 Å². The predicted molar refractivity (Wildman–Crippen MR) is 75.7 cm³/mol. The smallest absolute Gasteiger partial charge is 0.226 e. The molecule has 9 heteroatoms. The molecule has 0 aliphatic heterocycles. The Morgan fingerprint density at radius 1 is 1.33 bits per heavy atom. The van der Waals surface area contributed by atoms with Gasteiger partial charge in [0.15, 0.2) is 0 Å². The molecular formula is C12H24N3O5P. The SMILES string of the molecule is CP(=O)(O)C(O)CNCC(O)N(O)C1(C#N)CCCCC1. The van der Waals surface area contributed by atoms with Crippen molar-refractivity contribution < 1.29 is 24.9 Å². The van der Waals surface area contributed by atoms with Gasteiger partial charge in [0, 0.05) is 19.8 Å². The van der Waals surface area contributed by atoms with Gasteiger partial charge in [0.2, 0.25) is 7.37 Å². The van der Waals surface area contributed by atoms with Gasteiger partial charge < -0.3 is 25.6 Å². The topological polar surface area (TPSA) is 137 Å². The van der Waals surface area contributed by atoms with E-state index in [1.807, 2.05) is 0 Å². The van der Waals surface area contributed by atoms with Gasteiger partial charge in [0.1, 0.15) is 17.6 Å². The lowest BCUT2D eigenvalue weighted by Crippen LogP contribution is -2.55. The normalized spacial score (nSPS) is 24.0. The van der Waals surface area contributed by atoms with E-state index in [0.29, 0.717) is 17.9 Å². The van der Waals surface area contributed by atoms with Gasteiger partial charge in [-0.25, -0.2) is 0 Å². The Labute approximate surface area is 124 Å². The average molecular weight is 321 g/mol. The summed E-state index contributed by atoms with van der Waals surface area (Å²) < 4.78 is 11.2. The van der Waals surface area contributed by atoms with Crippen molar-refractivity contribution in [3.05, 3.63) is 0 Å². The Kier molecular flexibility index (Phi) is 6.75. The maximum absolute atomic E-state index is 11.2. The number of aliphatic hydroxyl groups is 2. The molecular weight excluding hydrogens is 297 g/mol. The fourth-order valence-corrected chi connectivity index (χ4v) is 2.88. The van der Waals surface area contributed by atoms with E-state index >= 15 is 0 Å². The van der Waals surface area contributed by atoms with Gasteiger partial charge in [-0.3, -0.25) is 4.57 Å². The first-order chi connectivity index (χ1) is 9.73. The third kappa shape index (κ3) is 5.01. The van der Waals surface area contributed by atoms with Crippen LogP contribution in [0.25, 0.3) is 0 Å². The van der Waals surface area contributed by atoms with Gasteiger partial charge in [-0.15, -0.1) is 5.06 Å². The van der Waals surface area contributed by atoms with Crippen LogP contribution in [0.3, 0.4) is 0 Å². The number of hydroxylamine groups is 2. The molecule has 0 amide bonds. The molecule has 1 aliphatic carbocycles. The molecule has 0 aromatic rings. The van der Waals surface area contributed by atoms with Crippen LogP contribution in [0.15, 0.2) is 0 Å². The number of hydrogen-bond donors (Lipinski definition) is 5. The molecule has 1 saturated carbocycles. The van der Waals surface area contributed by atoms with Crippen LogP contribution < -0.4 is 5.32 Å². The van der Waals surface area contributed by atoms with Crippen molar-refractivity contribution in [2.24, 2.45) is 0 Å². The van der Waals surface area contributed by atoms with Crippen molar-refractivity contribution in [1.82, 2.24) is 10.4 Å². The standard InChI is InChI=1S/C12H24N3O5P/c1-21(19,20)11(17)8-14-7-10(16)15(18)12(9-13)5-3-2-4-6-12/h10-11,14,16-18H,2-8H2,1H3,(H,19,20). The zero-order valence-electron chi connectivity index (χ0n) is 12.1. The molecule has 0 radical (unpaired) electrons. The van der Waals surface area contributed by atoms with Crippen LogP contribution in [-0.4, -0.2) is 62.7 Å². The summed E-state index contributed by atoms with van der Waals surface area (Å²) >= 11 is 0. The second kappa shape index (κ2) is 7.65. The zero-order chi connectivity index (χ0) is 16.1. The number of aliphatic hydroxyl groups excluding tert-OH is 2. The van der Waals surface area contributed by atoms with Crippen LogP contribution in [0.5, 0.6) is 0 Å². The van der Waals surface area contributed by atoms with Crippen LogP contribution in [0.2, 0.25) is 0 Å². The summed E-state index contributed by atoms with van der Waals surface area (Å²) in [7, 11) is -3.60. The minimum absolute atomic E-state index is 0.128. The first-order valence-corrected chi connectivity index (χ1v) is 9.17. The van der Waals surface area contributed by atoms with Gasteiger partial charge in [-0.05, 0) is 12.8 Å². The maximum Gasteiger partial charge on any atom is 0.226 e. The lowest BCUT2D eigenvalue weighted by atomic mass is 9.82. The van der Waals surface area contributed by atoms with E-state index in [2.05, 4.69) is 11.4 Å². The van der Waals surface area contributed by atoms with E-state index in [4.69, 9.17) is 4.89 Å². The Morgan fingerprint density at radius 3 is 2.38 bits per heavy atom. The van der Waals surface area contributed by atoms with E-state index in [9.17, 15) is 25.2 Å². The summed E-state index contributed by atoms with van der Waals surface area (Å²) in [5.74, 6) is -1.43. The van der Waals surface area contributed by atoms with Crippen LogP contribution in [0, 0.1) is 11.3 Å². The molecule has 3 atom stereocenters. The van der Waals surface area contributed by atoms with Crippen molar-refractivity contribution in [2.45, 2.75) is 49.7 Å². The lowest BCUT2D eigenvalue weighted by Gasteiger charge is -2.39. The lowest BCUT2D eigenvalue weighted by molar-refractivity contribution is -0.246. The number of hydrogen-bond acceptors (Lipinski definition) is 7. The molecule has 21 heavy (non-hydrogen) atoms. The van der Waals surface area contributed by atoms with Gasteiger partial charge in [0.25, 0.3) is 0 Å². The maximum atomic E-state index is 11.2. The predicted octanol–water partition coefficient (Wildman–Crippen LogP) is 0.0307. The number of nitrogens with one attached hydrogen (secondary N) is 1. The summed E-state index contributed by atoms with van der Waals surface area (Å²) in [6.45, 7) is 0.729. The third-order valence-corrected chi connectivity index (χ3v) is 5.11. The molecule has 0 aromatic carbocycles. The van der Waals surface area contributed by atoms with E-state index in [0.717, 1.165) is 25.9 Å². The highest BCUT2D eigenvalue weighted by atomic mass is 31.2. The Bertz CT molecular complexity index is 416. The molecule has 1 fully saturated rings. The molecule has 3 unspecified atom stereocenters. The van der Waals surface area contributed by atoms with Crippen molar-refractivity contribution in [3.8, 4) is 6.07 Å². The highest BCUT2D eigenvalue weighted by Crippen LogP contribution is 2.39. The first kappa shape index (κ1) is 18.5. The van der Waals surface area contributed by atoms with E-state index in [1.54, 1.807) is 0 Å². The largest absolute Gasteiger partial charge is 0.382 e. The fraction of sp³-hybridized carbons (Fsp3) is 0.917. The van der Waals surface area contributed by atoms with Gasteiger partial charge in [-0.2, -0.15) is 5.26 Å². The molecule has 8 nitrogen and oxygen atoms in total. The fourth-order valence-electron chi connectivity index (χ4n) is 2.41. The molecule has 122 valence electrons. The summed E-state index contributed by atoms with van der Waals surface area (Å²) in [6, 6.07) is 2.08. The van der Waals surface area contributed by atoms with Gasteiger partial charge >= 0.3 is 0 Å². The van der Waals surface area contributed by atoms with E-state index in [-0.39, 0.29) is 13.1 Å². The molecule has 0 spiro atoms. The first-order valence-electron chi connectivity index (χ1n) is 6.99. The molecule has 1 rings (SSSR count). The number of nitrogens with zero attached hydrogens (tertiary/aromatic N) is 2. The van der Waals surface area contributed by atoms with Crippen LogP contribution in [0.1, 0.15) is 32.1 Å². The molecule has 5 N–H and O–H groups in total. The Balaban J connectivity index is 2.49. The molecule has 0 saturated heterocycles. The van der Waals surface area contributed by atoms with Crippen LogP contribution in [-0.2, 0) is 4.57 Å². The highest BCUT2D eigenvalue weighted by molar-refractivity contribution is 7.57. The second-order valence-corrected chi connectivity index (χ2v) is 8.09. The monoisotopic (exact) mass is 321 g/mol. The summed E-state index contributed by atoms with van der Waals surface area (Å²) in [5, 5.41) is 42.0. The molecule has 0 heterocycles. The van der Waals surface area contributed by atoms with Crippen molar-refractivity contribution >= 4 is 7.37 Å². The average Bonchev–Trinajstić information content (AvgIpc) is 2.45. The Morgan fingerprint density at radius 2 is 1.90 bits per heavy atom. The number of rotatable bonds is 7. The minimum Gasteiger partial charge on any atom is -0.382 e. The molecule has 0 aromatic heterocycles. The summed E-state index contributed by atoms with van der Waals surface area (Å²) in [6.07, 6.45) is 2.27. The second-order valence-electron chi connectivity index (χ2n) is 5.61. The quantitative estimate of drug-likeness (QED) is 0.252. The third-order valence-electron chi connectivity index (χ3n) is 3.82. The molecule has 0 bridgehead atoms. The summed E-state index contributed by atoms with van der Waals surface area (Å²) in [5.41, 5.74) is -1.09. The van der Waals surface area contributed by atoms with Crippen molar-refractivity contribution in [2.75, 3.05) is 19.8 Å². The molecule has 1 aliphatic rings.